The highest BCUT2D eigenvalue weighted by atomic mass is 16.5. The number of H-pyrrole nitrogens is 1. The molecular formula is C22H21N5O2. The fraction of sp³-hybridized carbons (Fsp3) is 0.227. The number of hydrogen-bond donors (Lipinski definition) is 2. The van der Waals surface area contributed by atoms with Crippen molar-refractivity contribution < 1.29 is 9.53 Å². The van der Waals surface area contributed by atoms with Gasteiger partial charge in [0.2, 0.25) is 0 Å². The van der Waals surface area contributed by atoms with Crippen molar-refractivity contribution in [2.24, 2.45) is 0 Å². The van der Waals surface area contributed by atoms with E-state index in [1.54, 1.807) is 11.0 Å². The van der Waals surface area contributed by atoms with Gasteiger partial charge < -0.3 is 15.0 Å². The molecule has 4 rings (SSSR count). The number of rotatable bonds is 5. The molecule has 3 aromatic rings. The predicted molar refractivity (Wildman–Crippen MR) is 108 cm³/mol. The summed E-state index contributed by atoms with van der Waals surface area (Å²) in [6, 6.07) is 18.9. The van der Waals surface area contributed by atoms with Gasteiger partial charge in [-0.2, -0.15) is 10.4 Å². The predicted octanol–water partition coefficient (Wildman–Crippen LogP) is 3.54. The second-order valence-electron chi connectivity index (χ2n) is 7.09. The first-order valence-electron chi connectivity index (χ1n) is 9.49. The number of carbonyl (C=O) groups is 1. The van der Waals surface area contributed by atoms with Crippen LogP contribution in [0, 0.1) is 11.5 Å². The zero-order chi connectivity index (χ0) is 20.2. The molecule has 146 valence electrons. The third-order valence-electron chi connectivity index (χ3n) is 4.99. The van der Waals surface area contributed by atoms with Gasteiger partial charge in [0, 0.05) is 24.2 Å². The molecule has 1 saturated heterocycles. The third-order valence-corrected chi connectivity index (χ3v) is 4.99. The summed E-state index contributed by atoms with van der Waals surface area (Å²) in [6.45, 7) is 2.51. The quantitative estimate of drug-likeness (QED) is 0.653. The second-order valence-corrected chi connectivity index (χ2v) is 7.09. The van der Waals surface area contributed by atoms with E-state index in [0.29, 0.717) is 23.7 Å². The van der Waals surface area contributed by atoms with Crippen LogP contribution in [0.25, 0.3) is 11.3 Å². The van der Waals surface area contributed by atoms with Crippen LogP contribution in [-0.2, 0) is 0 Å². The molecule has 1 aliphatic heterocycles. The Bertz CT molecular complexity index is 1040. The van der Waals surface area contributed by atoms with Gasteiger partial charge in [0.25, 0.3) is 5.91 Å². The van der Waals surface area contributed by atoms with Crippen molar-refractivity contribution in [1.82, 2.24) is 20.4 Å². The van der Waals surface area contributed by atoms with Crippen molar-refractivity contribution in [2.75, 3.05) is 6.54 Å². The van der Waals surface area contributed by atoms with Gasteiger partial charge in [0.15, 0.2) is 6.19 Å². The molecule has 7 heteroatoms. The van der Waals surface area contributed by atoms with Crippen molar-refractivity contribution in [1.29, 1.82) is 5.26 Å². The minimum absolute atomic E-state index is 0.0578. The van der Waals surface area contributed by atoms with Crippen molar-refractivity contribution >= 4 is 5.91 Å². The van der Waals surface area contributed by atoms with Crippen LogP contribution in [0.15, 0.2) is 60.7 Å². The van der Waals surface area contributed by atoms with E-state index in [1.807, 2.05) is 61.5 Å². The average Bonchev–Trinajstić information content (AvgIpc) is 3.36. The first-order valence-corrected chi connectivity index (χ1v) is 9.49. The van der Waals surface area contributed by atoms with Gasteiger partial charge >= 0.3 is 0 Å². The third kappa shape index (κ3) is 4.06. The van der Waals surface area contributed by atoms with Crippen LogP contribution in [0.4, 0.5) is 0 Å². The summed E-state index contributed by atoms with van der Waals surface area (Å²) in [4.78, 5) is 14.3. The highest BCUT2D eigenvalue weighted by Gasteiger charge is 2.29. The van der Waals surface area contributed by atoms with Crippen molar-refractivity contribution in [3.05, 3.63) is 66.4 Å². The van der Waals surface area contributed by atoms with E-state index in [1.165, 1.54) is 0 Å². The maximum Gasteiger partial charge on any atom is 0.269 e. The normalized spacial score (nSPS) is 18.3. The molecule has 7 nitrogen and oxygen atoms in total. The molecule has 0 spiro atoms. The lowest BCUT2D eigenvalue weighted by atomic mass is 10.1. The van der Waals surface area contributed by atoms with Crippen molar-refractivity contribution in [2.45, 2.75) is 25.4 Å². The summed E-state index contributed by atoms with van der Waals surface area (Å²) >= 11 is 0. The highest BCUT2D eigenvalue weighted by Crippen LogP contribution is 2.32. The zero-order valence-electron chi connectivity index (χ0n) is 16.0. The molecule has 2 N–H and O–H groups in total. The van der Waals surface area contributed by atoms with Crippen LogP contribution in [0.3, 0.4) is 0 Å². The Labute approximate surface area is 168 Å². The molecule has 1 unspecified atom stereocenters. The van der Waals surface area contributed by atoms with E-state index in [2.05, 4.69) is 21.7 Å². The largest absolute Gasteiger partial charge is 0.457 e. The molecule has 29 heavy (non-hydrogen) atoms. The number of nitriles is 1. The second kappa shape index (κ2) is 8.07. The number of benzene rings is 2. The lowest BCUT2D eigenvalue weighted by Gasteiger charge is -2.12. The minimum atomic E-state index is -0.234. The number of hydrogen-bond acceptors (Lipinski definition) is 5. The minimum Gasteiger partial charge on any atom is -0.457 e. The number of aromatic amines is 1. The number of nitrogens with zero attached hydrogens (tertiary/aromatic N) is 3. The van der Waals surface area contributed by atoms with E-state index >= 15 is 0 Å². The summed E-state index contributed by atoms with van der Waals surface area (Å²) in [5.74, 6) is 1.15. The van der Waals surface area contributed by atoms with E-state index in [0.717, 1.165) is 17.7 Å². The van der Waals surface area contributed by atoms with Crippen LogP contribution in [0.2, 0.25) is 0 Å². The van der Waals surface area contributed by atoms with E-state index in [-0.39, 0.29) is 18.0 Å². The lowest BCUT2D eigenvalue weighted by molar-refractivity contribution is 0.0933. The first-order chi connectivity index (χ1) is 14.1. The van der Waals surface area contributed by atoms with Gasteiger partial charge in [-0.3, -0.25) is 9.89 Å². The topological polar surface area (TPSA) is 94.0 Å². The maximum atomic E-state index is 12.6. The molecule has 0 saturated carbocycles. The smallest absolute Gasteiger partial charge is 0.269 e. The average molecular weight is 387 g/mol. The Morgan fingerprint density at radius 2 is 2.00 bits per heavy atom. The molecule has 1 aromatic heterocycles. The Hall–Kier alpha value is -3.79. The molecule has 2 aromatic carbocycles. The number of carbonyl (C=O) groups excluding carboxylic acids is 1. The number of aromatic nitrogens is 2. The molecule has 0 bridgehead atoms. The van der Waals surface area contributed by atoms with Gasteiger partial charge in [-0.15, -0.1) is 0 Å². The summed E-state index contributed by atoms with van der Waals surface area (Å²) in [7, 11) is 0. The van der Waals surface area contributed by atoms with Gasteiger partial charge in [0.1, 0.15) is 17.2 Å². The number of likely N-dealkylation sites (tertiary alicyclic amines) is 1. The van der Waals surface area contributed by atoms with Crippen LogP contribution in [-0.4, -0.2) is 39.6 Å². The van der Waals surface area contributed by atoms with E-state index in [9.17, 15) is 4.79 Å². The van der Waals surface area contributed by atoms with E-state index < -0.39 is 0 Å². The fourth-order valence-corrected chi connectivity index (χ4v) is 3.50. The summed E-state index contributed by atoms with van der Waals surface area (Å²) in [6.07, 6.45) is 2.90. The van der Waals surface area contributed by atoms with Crippen LogP contribution < -0.4 is 10.1 Å². The summed E-state index contributed by atoms with van der Waals surface area (Å²) < 4.78 is 5.99. The van der Waals surface area contributed by atoms with Gasteiger partial charge in [-0.1, -0.05) is 30.3 Å². The molecule has 0 radical (unpaired) electrons. The fourth-order valence-electron chi connectivity index (χ4n) is 3.50. The SMILES string of the molecule is C[C@H]1CC(NC(=O)c2cc(-c3ccccc3Oc3ccccc3)n[nH]2)CN1C#N. The summed E-state index contributed by atoms with van der Waals surface area (Å²) in [5, 5.41) is 19.2. The van der Waals surface area contributed by atoms with Gasteiger partial charge in [-0.25, -0.2) is 0 Å². The molecule has 0 aliphatic carbocycles. The van der Waals surface area contributed by atoms with Crippen LogP contribution in [0.1, 0.15) is 23.8 Å². The monoisotopic (exact) mass is 387 g/mol. The number of ether oxygens (including phenoxy) is 1. The molecular weight excluding hydrogens is 366 g/mol. The molecule has 1 fully saturated rings. The molecule has 1 amide bonds. The molecule has 1 aliphatic rings. The maximum absolute atomic E-state index is 12.6. The lowest BCUT2D eigenvalue weighted by Crippen LogP contribution is -2.36. The van der Waals surface area contributed by atoms with Gasteiger partial charge in [0.05, 0.1) is 5.69 Å². The Morgan fingerprint density at radius 3 is 2.76 bits per heavy atom. The Kier molecular flexibility index (Phi) is 5.16. The number of nitrogens with one attached hydrogen (secondary N) is 2. The molecule has 2 atom stereocenters. The number of amides is 1. The Morgan fingerprint density at radius 1 is 1.24 bits per heavy atom. The molecule has 2 heterocycles. The number of para-hydroxylation sites is 2. The zero-order valence-corrected chi connectivity index (χ0v) is 16.0. The van der Waals surface area contributed by atoms with Crippen molar-refractivity contribution in [3.63, 3.8) is 0 Å². The summed E-state index contributed by atoms with van der Waals surface area (Å²) in [5.41, 5.74) is 1.79. The standard InChI is InChI=1S/C22H21N5O2/c1-15-11-16(13-27(15)14-23)24-22(28)20-12-19(25-26-20)18-9-5-6-10-21(18)29-17-7-3-2-4-8-17/h2-10,12,15-16H,11,13H2,1H3,(H,24,28)(H,25,26)/t15-,16?/m0/s1. The van der Waals surface area contributed by atoms with Crippen LogP contribution in [0.5, 0.6) is 11.5 Å². The van der Waals surface area contributed by atoms with Gasteiger partial charge in [-0.05, 0) is 43.7 Å². The first kappa shape index (κ1) is 18.6. The van der Waals surface area contributed by atoms with Crippen LogP contribution >= 0.6 is 0 Å². The highest BCUT2D eigenvalue weighted by molar-refractivity contribution is 5.93. The van der Waals surface area contributed by atoms with E-state index in [4.69, 9.17) is 10.00 Å². The van der Waals surface area contributed by atoms with Crippen molar-refractivity contribution in [3.8, 4) is 28.9 Å². The Balaban J connectivity index is 1.50.